The number of piperazine rings is 1. The summed E-state index contributed by atoms with van der Waals surface area (Å²) in [5.41, 5.74) is 2.65. The Bertz CT molecular complexity index is 529. The summed E-state index contributed by atoms with van der Waals surface area (Å²) in [6.45, 7) is 9.23. The smallest absolute Gasteiger partial charge is 0.223 e. The first-order chi connectivity index (χ1) is 11.7. The third-order valence-electron chi connectivity index (χ3n) is 5.34. The fourth-order valence-corrected chi connectivity index (χ4v) is 3.79. The van der Waals surface area contributed by atoms with Crippen LogP contribution in [0.25, 0.3) is 0 Å². The molecule has 132 valence electrons. The molecule has 1 aromatic carbocycles. The topological polar surface area (TPSA) is 26.8 Å². The van der Waals surface area contributed by atoms with Crippen LogP contribution in [0.1, 0.15) is 37.7 Å². The molecule has 3 rings (SSSR count). The highest BCUT2D eigenvalue weighted by atomic mass is 16.2. The molecule has 0 unspecified atom stereocenters. The molecule has 2 heterocycles. The van der Waals surface area contributed by atoms with E-state index in [0.29, 0.717) is 12.3 Å². The average Bonchev–Trinajstić information content (AvgIpc) is 2.89. The quantitative estimate of drug-likeness (QED) is 0.850. The van der Waals surface area contributed by atoms with E-state index in [-0.39, 0.29) is 0 Å². The van der Waals surface area contributed by atoms with Gasteiger partial charge in [-0.2, -0.15) is 0 Å². The Morgan fingerprint density at radius 1 is 0.958 bits per heavy atom. The van der Waals surface area contributed by atoms with E-state index in [1.54, 1.807) is 0 Å². The summed E-state index contributed by atoms with van der Waals surface area (Å²) in [5, 5.41) is 0. The molecule has 0 atom stereocenters. The number of carbonyl (C=O) groups is 1. The van der Waals surface area contributed by atoms with Gasteiger partial charge >= 0.3 is 0 Å². The second kappa shape index (κ2) is 8.52. The molecule has 0 aliphatic carbocycles. The molecule has 4 nitrogen and oxygen atoms in total. The summed E-state index contributed by atoms with van der Waals surface area (Å²) in [4.78, 5) is 19.4. The van der Waals surface area contributed by atoms with Gasteiger partial charge in [0.05, 0.1) is 0 Å². The number of rotatable bonds is 4. The fourth-order valence-electron chi connectivity index (χ4n) is 3.79. The summed E-state index contributed by atoms with van der Waals surface area (Å²) < 4.78 is 0. The van der Waals surface area contributed by atoms with E-state index in [0.717, 1.165) is 45.8 Å². The second-order valence-electron chi connectivity index (χ2n) is 7.21. The first kappa shape index (κ1) is 17.3. The SMILES string of the molecule is Cc1cccc(N2CCN(CCC(=O)N3CCCCCC3)CC2)c1. The number of hydrogen-bond donors (Lipinski definition) is 0. The largest absolute Gasteiger partial charge is 0.369 e. The minimum Gasteiger partial charge on any atom is -0.369 e. The van der Waals surface area contributed by atoms with Gasteiger partial charge in [0.2, 0.25) is 5.91 Å². The third-order valence-corrected chi connectivity index (χ3v) is 5.34. The zero-order valence-electron chi connectivity index (χ0n) is 15.0. The fraction of sp³-hybridized carbons (Fsp3) is 0.650. The molecule has 0 radical (unpaired) electrons. The van der Waals surface area contributed by atoms with E-state index in [1.807, 2.05) is 0 Å². The van der Waals surface area contributed by atoms with Crippen molar-refractivity contribution in [3.8, 4) is 0 Å². The van der Waals surface area contributed by atoms with Gasteiger partial charge in [-0.3, -0.25) is 9.69 Å². The van der Waals surface area contributed by atoms with E-state index in [4.69, 9.17) is 0 Å². The van der Waals surface area contributed by atoms with E-state index in [1.165, 1.54) is 36.9 Å². The van der Waals surface area contributed by atoms with Crippen LogP contribution in [-0.2, 0) is 4.79 Å². The molecular weight excluding hydrogens is 298 g/mol. The number of aryl methyl sites for hydroxylation is 1. The van der Waals surface area contributed by atoms with Gasteiger partial charge in [0.15, 0.2) is 0 Å². The van der Waals surface area contributed by atoms with Crippen LogP contribution in [0.2, 0.25) is 0 Å². The molecule has 0 saturated carbocycles. The van der Waals surface area contributed by atoms with Crippen molar-refractivity contribution >= 4 is 11.6 Å². The molecule has 0 spiro atoms. The Balaban J connectivity index is 1.41. The van der Waals surface area contributed by atoms with Crippen molar-refractivity contribution < 1.29 is 4.79 Å². The average molecular weight is 329 g/mol. The molecule has 2 aliphatic heterocycles. The minimum absolute atomic E-state index is 0.359. The number of likely N-dealkylation sites (tertiary alicyclic amines) is 1. The molecule has 2 aliphatic rings. The molecule has 1 aromatic rings. The van der Waals surface area contributed by atoms with Crippen LogP contribution in [0.15, 0.2) is 24.3 Å². The molecule has 4 heteroatoms. The highest BCUT2D eigenvalue weighted by Crippen LogP contribution is 2.18. The molecule has 24 heavy (non-hydrogen) atoms. The number of benzene rings is 1. The lowest BCUT2D eigenvalue weighted by Gasteiger charge is -2.36. The van der Waals surface area contributed by atoms with Gasteiger partial charge in [-0.05, 0) is 37.5 Å². The Kier molecular flexibility index (Phi) is 6.13. The molecule has 0 N–H and O–H groups in total. The predicted molar refractivity (Wildman–Crippen MR) is 99.5 cm³/mol. The maximum atomic E-state index is 12.4. The summed E-state index contributed by atoms with van der Waals surface area (Å²) >= 11 is 0. The van der Waals surface area contributed by atoms with Crippen LogP contribution in [-0.4, -0.2) is 61.5 Å². The lowest BCUT2D eigenvalue weighted by molar-refractivity contribution is -0.131. The molecule has 0 aromatic heterocycles. The second-order valence-corrected chi connectivity index (χ2v) is 7.21. The van der Waals surface area contributed by atoms with Crippen LogP contribution >= 0.6 is 0 Å². The number of anilines is 1. The lowest BCUT2D eigenvalue weighted by atomic mass is 10.2. The Hall–Kier alpha value is -1.55. The molecule has 2 fully saturated rings. The van der Waals surface area contributed by atoms with E-state index in [2.05, 4.69) is 45.9 Å². The predicted octanol–water partition coefficient (Wildman–Crippen LogP) is 2.91. The number of hydrogen-bond acceptors (Lipinski definition) is 3. The minimum atomic E-state index is 0.359. The van der Waals surface area contributed by atoms with Crippen LogP contribution in [0.3, 0.4) is 0 Å². The van der Waals surface area contributed by atoms with Gasteiger partial charge in [0.25, 0.3) is 0 Å². The molecular formula is C20H31N3O. The number of carbonyl (C=O) groups excluding carboxylic acids is 1. The van der Waals surface area contributed by atoms with Gasteiger partial charge in [-0.15, -0.1) is 0 Å². The zero-order chi connectivity index (χ0) is 16.8. The van der Waals surface area contributed by atoms with Crippen LogP contribution in [0, 0.1) is 6.92 Å². The normalized spacial score (nSPS) is 20.0. The Labute approximate surface area is 146 Å². The van der Waals surface area contributed by atoms with Crippen LogP contribution < -0.4 is 4.90 Å². The first-order valence-corrected chi connectivity index (χ1v) is 9.54. The van der Waals surface area contributed by atoms with Gasteiger partial charge in [0, 0.05) is 57.9 Å². The summed E-state index contributed by atoms with van der Waals surface area (Å²) in [7, 11) is 0. The third kappa shape index (κ3) is 4.73. The number of nitrogens with zero attached hydrogens (tertiary/aromatic N) is 3. The summed E-state index contributed by atoms with van der Waals surface area (Å²) in [6, 6.07) is 8.75. The van der Waals surface area contributed by atoms with Crippen molar-refractivity contribution in [2.24, 2.45) is 0 Å². The van der Waals surface area contributed by atoms with Crippen molar-refractivity contribution in [3.63, 3.8) is 0 Å². The standard InChI is InChI=1S/C20H31N3O/c1-18-7-6-8-19(17-18)22-15-13-21(14-16-22)12-9-20(24)23-10-4-2-3-5-11-23/h6-8,17H,2-5,9-16H2,1H3. The van der Waals surface area contributed by atoms with E-state index < -0.39 is 0 Å². The maximum Gasteiger partial charge on any atom is 0.223 e. The Morgan fingerprint density at radius 3 is 2.33 bits per heavy atom. The van der Waals surface area contributed by atoms with Crippen molar-refractivity contribution in [2.75, 3.05) is 50.7 Å². The van der Waals surface area contributed by atoms with Crippen LogP contribution in [0.4, 0.5) is 5.69 Å². The van der Waals surface area contributed by atoms with Crippen LogP contribution in [0.5, 0.6) is 0 Å². The summed E-state index contributed by atoms with van der Waals surface area (Å²) in [6.07, 6.45) is 5.61. The van der Waals surface area contributed by atoms with E-state index in [9.17, 15) is 4.79 Å². The lowest BCUT2D eigenvalue weighted by Crippen LogP contribution is -2.47. The van der Waals surface area contributed by atoms with Crippen molar-refractivity contribution in [3.05, 3.63) is 29.8 Å². The highest BCUT2D eigenvalue weighted by molar-refractivity contribution is 5.76. The van der Waals surface area contributed by atoms with Crippen molar-refractivity contribution in [1.29, 1.82) is 0 Å². The van der Waals surface area contributed by atoms with Gasteiger partial charge in [0.1, 0.15) is 0 Å². The van der Waals surface area contributed by atoms with Crippen molar-refractivity contribution in [1.82, 2.24) is 9.80 Å². The molecule has 2 saturated heterocycles. The zero-order valence-corrected chi connectivity index (χ0v) is 15.0. The molecule has 1 amide bonds. The number of amides is 1. The van der Waals surface area contributed by atoms with Gasteiger partial charge in [-0.25, -0.2) is 0 Å². The monoisotopic (exact) mass is 329 g/mol. The summed E-state index contributed by atoms with van der Waals surface area (Å²) in [5.74, 6) is 0.359. The van der Waals surface area contributed by atoms with Gasteiger partial charge in [-0.1, -0.05) is 25.0 Å². The first-order valence-electron chi connectivity index (χ1n) is 9.54. The molecule has 0 bridgehead atoms. The Morgan fingerprint density at radius 2 is 1.67 bits per heavy atom. The van der Waals surface area contributed by atoms with Gasteiger partial charge < -0.3 is 9.80 Å². The highest BCUT2D eigenvalue weighted by Gasteiger charge is 2.20. The van der Waals surface area contributed by atoms with E-state index >= 15 is 0 Å². The van der Waals surface area contributed by atoms with Crippen molar-refractivity contribution in [2.45, 2.75) is 39.0 Å². The maximum absolute atomic E-state index is 12.4.